The van der Waals surface area contributed by atoms with Gasteiger partial charge in [0.1, 0.15) is 5.70 Å². The molecule has 3 aromatic rings. The summed E-state index contributed by atoms with van der Waals surface area (Å²) >= 11 is 6.02. The predicted molar refractivity (Wildman–Crippen MR) is 120 cm³/mol. The molecule has 150 valence electrons. The van der Waals surface area contributed by atoms with Crippen LogP contribution < -0.4 is 5.32 Å². The zero-order valence-corrected chi connectivity index (χ0v) is 17.5. The van der Waals surface area contributed by atoms with Crippen LogP contribution in [0.15, 0.2) is 78.5 Å². The predicted octanol–water partition coefficient (Wildman–Crippen LogP) is 5.35. The van der Waals surface area contributed by atoms with E-state index in [1.807, 2.05) is 62.4 Å². The molecule has 0 saturated carbocycles. The van der Waals surface area contributed by atoms with E-state index in [0.29, 0.717) is 16.2 Å². The van der Waals surface area contributed by atoms with Crippen molar-refractivity contribution in [2.45, 2.75) is 20.4 Å². The zero-order chi connectivity index (χ0) is 21.3. The van der Waals surface area contributed by atoms with E-state index in [4.69, 9.17) is 11.6 Å². The van der Waals surface area contributed by atoms with Crippen LogP contribution in [0, 0.1) is 13.8 Å². The van der Waals surface area contributed by atoms with Gasteiger partial charge in [-0.1, -0.05) is 60.1 Å². The van der Waals surface area contributed by atoms with Gasteiger partial charge in [0, 0.05) is 10.7 Å². The van der Waals surface area contributed by atoms with Crippen molar-refractivity contribution >= 4 is 34.7 Å². The monoisotopic (exact) mass is 416 g/mol. The second-order valence-corrected chi connectivity index (χ2v) is 7.80. The quantitative estimate of drug-likeness (QED) is 0.570. The van der Waals surface area contributed by atoms with Gasteiger partial charge in [0.05, 0.1) is 12.1 Å². The van der Waals surface area contributed by atoms with Gasteiger partial charge in [-0.05, 0) is 60.4 Å². The van der Waals surface area contributed by atoms with Gasteiger partial charge in [-0.15, -0.1) is 0 Å². The third-order valence-corrected chi connectivity index (χ3v) is 5.51. The van der Waals surface area contributed by atoms with Gasteiger partial charge in [-0.3, -0.25) is 14.5 Å². The van der Waals surface area contributed by atoms with Crippen LogP contribution in [0.4, 0.5) is 5.69 Å². The topological polar surface area (TPSA) is 49.4 Å². The highest BCUT2D eigenvalue weighted by molar-refractivity contribution is 6.36. The van der Waals surface area contributed by atoms with Crippen LogP contribution in [0.25, 0.3) is 5.57 Å². The second kappa shape index (κ2) is 8.17. The molecule has 0 unspecified atom stereocenters. The number of nitrogens with one attached hydrogen (secondary N) is 1. The average Bonchev–Trinajstić information content (AvgIpc) is 2.96. The average molecular weight is 417 g/mol. The number of hydrogen-bond donors (Lipinski definition) is 1. The van der Waals surface area contributed by atoms with Crippen molar-refractivity contribution in [1.82, 2.24) is 4.90 Å². The lowest BCUT2D eigenvalue weighted by Crippen LogP contribution is -2.32. The number of rotatable bonds is 5. The molecule has 4 nitrogen and oxygen atoms in total. The van der Waals surface area contributed by atoms with E-state index in [1.54, 1.807) is 24.3 Å². The Bertz CT molecular complexity index is 1150. The lowest BCUT2D eigenvalue weighted by atomic mass is 10.0. The number of nitrogens with zero attached hydrogens (tertiary/aromatic N) is 1. The lowest BCUT2D eigenvalue weighted by Gasteiger charge is -2.15. The van der Waals surface area contributed by atoms with Crippen LogP contribution in [0.3, 0.4) is 0 Å². The van der Waals surface area contributed by atoms with Crippen molar-refractivity contribution in [2.24, 2.45) is 0 Å². The molecule has 4 rings (SSSR count). The maximum atomic E-state index is 13.3. The molecule has 0 aromatic heterocycles. The number of anilines is 1. The molecule has 5 heteroatoms. The summed E-state index contributed by atoms with van der Waals surface area (Å²) in [5.74, 6) is -0.662. The van der Waals surface area contributed by atoms with Gasteiger partial charge < -0.3 is 5.32 Å². The summed E-state index contributed by atoms with van der Waals surface area (Å²) < 4.78 is 0. The zero-order valence-electron chi connectivity index (χ0n) is 16.8. The Balaban J connectivity index is 1.75. The standard InChI is InChI=1S/C25H21ClN2O2/c1-16-8-13-21(14-17(16)2)27-23-22(19-9-11-20(26)12-10-19)24(29)28(25(23)30)15-18-6-4-3-5-7-18/h3-14,27H,15H2,1-2H3. The van der Waals surface area contributed by atoms with Crippen LogP contribution >= 0.6 is 11.6 Å². The Morgan fingerprint density at radius 2 is 1.53 bits per heavy atom. The summed E-state index contributed by atoms with van der Waals surface area (Å²) in [6.45, 7) is 4.26. The van der Waals surface area contributed by atoms with Crippen molar-refractivity contribution < 1.29 is 9.59 Å². The van der Waals surface area contributed by atoms with Gasteiger partial charge in [-0.25, -0.2) is 0 Å². The van der Waals surface area contributed by atoms with Crippen molar-refractivity contribution in [1.29, 1.82) is 0 Å². The number of carbonyl (C=O) groups is 2. The summed E-state index contributed by atoms with van der Waals surface area (Å²) in [6.07, 6.45) is 0. The first-order valence-corrected chi connectivity index (χ1v) is 10.1. The van der Waals surface area contributed by atoms with E-state index in [9.17, 15) is 9.59 Å². The maximum Gasteiger partial charge on any atom is 0.278 e. The molecule has 1 aliphatic rings. The van der Waals surface area contributed by atoms with Crippen LogP contribution in [0.2, 0.25) is 5.02 Å². The molecule has 0 spiro atoms. The summed E-state index contributed by atoms with van der Waals surface area (Å²) in [6, 6.07) is 22.3. The summed E-state index contributed by atoms with van der Waals surface area (Å²) in [5, 5.41) is 3.77. The number of amides is 2. The van der Waals surface area contributed by atoms with Crippen molar-refractivity contribution in [3.05, 3.63) is 106 Å². The second-order valence-electron chi connectivity index (χ2n) is 7.36. The van der Waals surface area contributed by atoms with Crippen LogP contribution in [0.1, 0.15) is 22.3 Å². The molecule has 0 saturated heterocycles. The first-order chi connectivity index (χ1) is 14.4. The molecule has 2 amide bonds. The molecule has 1 aliphatic heterocycles. The Kier molecular flexibility index (Phi) is 5.42. The minimum Gasteiger partial charge on any atom is -0.350 e. The fourth-order valence-corrected chi connectivity index (χ4v) is 3.58. The largest absolute Gasteiger partial charge is 0.350 e. The Hall–Kier alpha value is -3.37. The molecule has 1 N–H and O–H groups in total. The molecule has 0 bridgehead atoms. The highest BCUT2D eigenvalue weighted by atomic mass is 35.5. The van der Waals surface area contributed by atoms with Gasteiger partial charge in [-0.2, -0.15) is 0 Å². The molecule has 0 aliphatic carbocycles. The summed E-state index contributed by atoms with van der Waals surface area (Å²) in [4.78, 5) is 27.9. The van der Waals surface area contributed by atoms with Crippen molar-refractivity contribution in [3.8, 4) is 0 Å². The SMILES string of the molecule is Cc1ccc(NC2=C(c3ccc(Cl)cc3)C(=O)N(Cc3ccccc3)C2=O)cc1C. The van der Waals surface area contributed by atoms with Gasteiger partial charge in [0.15, 0.2) is 0 Å². The molecule has 1 heterocycles. The number of imide groups is 1. The van der Waals surface area contributed by atoms with Crippen molar-refractivity contribution in [3.63, 3.8) is 0 Å². The Labute approximate surface area is 180 Å². The molecule has 0 fully saturated rings. The number of hydrogen-bond acceptors (Lipinski definition) is 3. The molecule has 0 radical (unpaired) electrons. The van der Waals surface area contributed by atoms with E-state index in [2.05, 4.69) is 5.32 Å². The Morgan fingerprint density at radius 1 is 0.833 bits per heavy atom. The smallest absolute Gasteiger partial charge is 0.278 e. The minimum absolute atomic E-state index is 0.216. The maximum absolute atomic E-state index is 13.3. The van der Waals surface area contributed by atoms with Crippen LogP contribution in [-0.2, 0) is 16.1 Å². The number of aryl methyl sites for hydroxylation is 2. The third-order valence-electron chi connectivity index (χ3n) is 5.26. The molecular weight excluding hydrogens is 396 g/mol. The Morgan fingerprint density at radius 3 is 2.20 bits per heavy atom. The highest BCUT2D eigenvalue weighted by Crippen LogP contribution is 2.32. The molecule has 3 aromatic carbocycles. The summed E-state index contributed by atoms with van der Waals surface area (Å²) in [7, 11) is 0. The van der Waals surface area contributed by atoms with Crippen LogP contribution in [0.5, 0.6) is 0 Å². The fourth-order valence-electron chi connectivity index (χ4n) is 3.45. The number of benzene rings is 3. The third kappa shape index (κ3) is 3.87. The van der Waals surface area contributed by atoms with Crippen molar-refractivity contribution in [2.75, 3.05) is 5.32 Å². The lowest BCUT2D eigenvalue weighted by molar-refractivity contribution is -0.137. The van der Waals surface area contributed by atoms with E-state index < -0.39 is 0 Å². The van der Waals surface area contributed by atoms with Gasteiger partial charge in [0.25, 0.3) is 11.8 Å². The van der Waals surface area contributed by atoms with Gasteiger partial charge in [0.2, 0.25) is 0 Å². The normalized spacial score (nSPS) is 13.9. The number of halogens is 1. The first kappa shape index (κ1) is 19.9. The number of carbonyl (C=O) groups excluding carboxylic acids is 2. The molecule has 0 atom stereocenters. The van der Waals surface area contributed by atoms with Gasteiger partial charge >= 0.3 is 0 Å². The molecule has 30 heavy (non-hydrogen) atoms. The van der Waals surface area contributed by atoms with E-state index in [-0.39, 0.29) is 24.1 Å². The van der Waals surface area contributed by atoms with E-state index in [0.717, 1.165) is 22.4 Å². The summed E-state index contributed by atoms with van der Waals surface area (Å²) in [5.41, 5.74) is 5.20. The van der Waals surface area contributed by atoms with E-state index >= 15 is 0 Å². The van der Waals surface area contributed by atoms with Crippen LogP contribution in [-0.4, -0.2) is 16.7 Å². The highest BCUT2D eigenvalue weighted by Gasteiger charge is 2.39. The fraction of sp³-hybridized carbons (Fsp3) is 0.120. The minimum atomic E-state index is -0.341. The first-order valence-electron chi connectivity index (χ1n) is 9.68. The van der Waals surface area contributed by atoms with E-state index in [1.165, 1.54) is 4.90 Å². The molecular formula is C25H21ClN2O2.